The minimum absolute atomic E-state index is 0.0810. The molecular formula is C13H10Cl2N2O2. The van der Waals surface area contributed by atoms with E-state index in [2.05, 4.69) is 9.72 Å². The Hall–Kier alpha value is -1.78. The van der Waals surface area contributed by atoms with Gasteiger partial charge in [-0.3, -0.25) is 0 Å². The Morgan fingerprint density at radius 1 is 1.21 bits per heavy atom. The van der Waals surface area contributed by atoms with Crippen LogP contribution in [0.4, 0.5) is 5.82 Å². The molecule has 6 heteroatoms. The van der Waals surface area contributed by atoms with Gasteiger partial charge in [-0.1, -0.05) is 29.3 Å². The van der Waals surface area contributed by atoms with E-state index in [1.165, 1.54) is 7.11 Å². The third-order valence-corrected chi connectivity index (χ3v) is 3.16. The molecule has 2 N–H and O–H groups in total. The van der Waals surface area contributed by atoms with Gasteiger partial charge in [0.1, 0.15) is 5.82 Å². The molecule has 0 aliphatic carbocycles. The molecule has 0 amide bonds. The molecule has 0 aliphatic rings. The number of esters is 1. The van der Waals surface area contributed by atoms with Crippen LogP contribution in [0.5, 0.6) is 0 Å². The van der Waals surface area contributed by atoms with Gasteiger partial charge in [0, 0.05) is 21.2 Å². The lowest BCUT2D eigenvalue weighted by atomic mass is 10.0. The van der Waals surface area contributed by atoms with Crippen molar-refractivity contribution < 1.29 is 9.53 Å². The molecule has 0 atom stereocenters. The summed E-state index contributed by atoms with van der Waals surface area (Å²) in [5.74, 6) is -0.384. The first-order chi connectivity index (χ1) is 9.04. The molecule has 4 nitrogen and oxygen atoms in total. The van der Waals surface area contributed by atoms with E-state index in [0.717, 1.165) is 0 Å². The van der Waals surface area contributed by atoms with Crippen LogP contribution in [0.3, 0.4) is 0 Å². The average Bonchev–Trinajstić information content (AvgIpc) is 2.39. The summed E-state index contributed by atoms with van der Waals surface area (Å²) in [5.41, 5.74) is 6.68. The highest BCUT2D eigenvalue weighted by atomic mass is 35.5. The Labute approximate surface area is 120 Å². The van der Waals surface area contributed by atoms with Crippen molar-refractivity contribution in [1.29, 1.82) is 0 Å². The smallest absolute Gasteiger partial charge is 0.357 e. The van der Waals surface area contributed by atoms with Crippen LogP contribution in [0, 0.1) is 0 Å². The van der Waals surface area contributed by atoms with E-state index in [0.29, 0.717) is 21.2 Å². The van der Waals surface area contributed by atoms with Gasteiger partial charge in [0.15, 0.2) is 5.69 Å². The van der Waals surface area contributed by atoms with Gasteiger partial charge >= 0.3 is 5.97 Å². The molecule has 1 aromatic heterocycles. The lowest BCUT2D eigenvalue weighted by Crippen LogP contribution is -2.08. The number of carbonyl (C=O) groups is 1. The predicted molar refractivity (Wildman–Crippen MR) is 75.4 cm³/mol. The van der Waals surface area contributed by atoms with E-state index in [1.54, 1.807) is 30.3 Å². The van der Waals surface area contributed by atoms with Crippen LogP contribution in [0.2, 0.25) is 10.0 Å². The van der Waals surface area contributed by atoms with Gasteiger partial charge in [-0.25, -0.2) is 9.78 Å². The first-order valence-corrected chi connectivity index (χ1v) is 6.09. The van der Waals surface area contributed by atoms with Crippen molar-refractivity contribution in [1.82, 2.24) is 4.98 Å². The van der Waals surface area contributed by atoms with Gasteiger partial charge in [-0.2, -0.15) is 0 Å². The number of hydrogen-bond donors (Lipinski definition) is 1. The highest BCUT2D eigenvalue weighted by Crippen LogP contribution is 2.36. The number of halogens is 2. The zero-order valence-corrected chi connectivity index (χ0v) is 11.5. The molecule has 19 heavy (non-hydrogen) atoms. The van der Waals surface area contributed by atoms with Crippen molar-refractivity contribution in [3.63, 3.8) is 0 Å². The maximum Gasteiger partial charge on any atom is 0.357 e. The normalized spacial score (nSPS) is 10.3. The number of carbonyl (C=O) groups excluding carboxylic acids is 1. The molecule has 0 bridgehead atoms. The summed E-state index contributed by atoms with van der Waals surface area (Å²) in [4.78, 5) is 15.7. The molecule has 1 aromatic carbocycles. The van der Waals surface area contributed by atoms with Crippen LogP contribution >= 0.6 is 23.2 Å². The molecule has 0 unspecified atom stereocenters. The Morgan fingerprint density at radius 3 is 2.42 bits per heavy atom. The summed E-state index contributed by atoms with van der Waals surface area (Å²) in [6.45, 7) is 0. The van der Waals surface area contributed by atoms with Gasteiger partial charge in [0.2, 0.25) is 0 Å². The van der Waals surface area contributed by atoms with Gasteiger partial charge in [0.05, 0.1) is 7.11 Å². The Morgan fingerprint density at radius 2 is 1.84 bits per heavy atom. The molecule has 2 aromatic rings. The molecule has 2 rings (SSSR count). The van der Waals surface area contributed by atoms with Crippen molar-refractivity contribution in [2.45, 2.75) is 0 Å². The fraction of sp³-hybridized carbons (Fsp3) is 0.0769. The van der Waals surface area contributed by atoms with Gasteiger partial charge in [-0.15, -0.1) is 0 Å². The quantitative estimate of drug-likeness (QED) is 0.862. The average molecular weight is 297 g/mol. The molecule has 0 saturated heterocycles. The Kier molecular flexibility index (Phi) is 3.93. The van der Waals surface area contributed by atoms with Crippen molar-refractivity contribution >= 4 is 35.0 Å². The van der Waals surface area contributed by atoms with Crippen LogP contribution in [0.25, 0.3) is 11.1 Å². The van der Waals surface area contributed by atoms with Crippen LogP contribution in [0.1, 0.15) is 10.5 Å². The third-order valence-electron chi connectivity index (χ3n) is 2.53. The second-order valence-corrected chi connectivity index (χ2v) is 4.53. The largest absolute Gasteiger partial charge is 0.464 e. The molecular weight excluding hydrogens is 287 g/mol. The van der Waals surface area contributed by atoms with E-state index in [9.17, 15) is 4.79 Å². The number of hydrogen-bond acceptors (Lipinski definition) is 4. The summed E-state index contributed by atoms with van der Waals surface area (Å²) < 4.78 is 4.69. The number of rotatable bonds is 2. The number of nitrogen functional groups attached to an aromatic ring is 1. The Balaban J connectivity index is 2.72. The second kappa shape index (κ2) is 5.47. The molecule has 0 spiro atoms. The highest BCUT2D eigenvalue weighted by molar-refractivity contribution is 6.39. The standard InChI is InChI=1S/C13H10Cl2N2O2/c1-19-13(18)12-7(5-6-10(16)17-12)11-8(14)3-2-4-9(11)15/h2-6H,1H3,(H2,16,17). The van der Waals surface area contributed by atoms with Crippen LogP contribution < -0.4 is 5.73 Å². The minimum Gasteiger partial charge on any atom is -0.464 e. The summed E-state index contributed by atoms with van der Waals surface area (Å²) in [6.07, 6.45) is 0. The summed E-state index contributed by atoms with van der Waals surface area (Å²) >= 11 is 12.3. The minimum atomic E-state index is -0.599. The van der Waals surface area contributed by atoms with E-state index in [-0.39, 0.29) is 11.5 Å². The van der Waals surface area contributed by atoms with E-state index in [4.69, 9.17) is 28.9 Å². The summed E-state index contributed by atoms with van der Waals surface area (Å²) in [7, 11) is 1.27. The fourth-order valence-corrected chi connectivity index (χ4v) is 2.28. The molecule has 0 saturated carbocycles. The predicted octanol–water partition coefficient (Wildman–Crippen LogP) is 3.42. The number of anilines is 1. The zero-order chi connectivity index (χ0) is 14.0. The van der Waals surface area contributed by atoms with Crippen molar-refractivity contribution in [2.75, 3.05) is 12.8 Å². The number of benzene rings is 1. The van der Waals surface area contributed by atoms with Gasteiger partial charge < -0.3 is 10.5 Å². The van der Waals surface area contributed by atoms with Gasteiger partial charge in [-0.05, 0) is 24.3 Å². The number of nitrogens with two attached hydrogens (primary N) is 1. The lowest BCUT2D eigenvalue weighted by molar-refractivity contribution is 0.0595. The number of ether oxygens (including phenoxy) is 1. The number of nitrogens with zero attached hydrogens (tertiary/aromatic N) is 1. The first-order valence-electron chi connectivity index (χ1n) is 5.34. The SMILES string of the molecule is COC(=O)c1nc(N)ccc1-c1c(Cl)cccc1Cl. The fourth-order valence-electron chi connectivity index (χ4n) is 1.68. The summed E-state index contributed by atoms with van der Waals surface area (Å²) in [6, 6.07) is 8.29. The van der Waals surface area contributed by atoms with Crippen LogP contribution in [0.15, 0.2) is 30.3 Å². The maximum absolute atomic E-state index is 11.8. The number of aromatic nitrogens is 1. The number of methoxy groups -OCH3 is 1. The molecule has 0 radical (unpaired) electrons. The first kappa shape index (κ1) is 13.6. The molecule has 1 heterocycles. The lowest BCUT2D eigenvalue weighted by Gasteiger charge is -2.11. The Bertz CT molecular complexity index is 624. The molecule has 98 valence electrons. The zero-order valence-electron chi connectivity index (χ0n) is 9.98. The summed E-state index contributed by atoms with van der Waals surface area (Å²) in [5, 5.41) is 0.841. The molecule has 0 fully saturated rings. The van der Waals surface area contributed by atoms with E-state index >= 15 is 0 Å². The topological polar surface area (TPSA) is 65.2 Å². The van der Waals surface area contributed by atoms with Gasteiger partial charge in [0.25, 0.3) is 0 Å². The van der Waals surface area contributed by atoms with Crippen LogP contribution in [-0.2, 0) is 4.74 Å². The highest BCUT2D eigenvalue weighted by Gasteiger charge is 2.19. The molecule has 0 aliphatic heterocycles. The van der Waals surface area contributed by atoms with E-state index in [1.807, 2.05) is 0 Å². The maximum atomic E-state index is 11.8. The third kappa shape index (κ3) is 2.64. The second-order valence-electron chi connectivity index (χ2n) is 3.72. The number of pyridine rings is 1. The van der Waals surface area contributed by atoms with Crippen molar-refractivity contribution in [3.05, 3.63) is 46.1 Å². The monoisotopic (exact) mass is 296 g/mol. The van der Waals surface area contributed by atoms with E-state index < -0.39 is 5.97 Å². The van der Waals surface area contributed by atoms with Crippen molar-refractivity contribution in [3.8, 4) is 11.1 Å². The van der Waals surface area contributed by atoms with Crippen molar-refractivity contribution in [2.24, 2.45) is 0 Å². The van der Waals surface area contributed by atoms with Crippen LogP contribution in [-0.4, -0.2) is 18.1 Å².